The third kappa shape index (κ3) is 4.85. The summed E-state index contributed by atoms with van der Waals surface area (Å²) in [7, 11) is 0. The number of nitrogens with one attached hydrogen (secondary N) is 1. The largest absolute Gasteiger partial charge is 0.356 e. The van der Waals surface area contributed by atoms with Crippen molar-refractivity contribution in [2.75, 3.05) is 19.6 Å². The highest BCUT2D eigenvalue weighted by Crippen LogP contribution is 2.36. The average molecular weight is 445 g/mol. The zero-order valence-corrected chi connectivity index (χ0v) is 19.7. The number of nitrogens with zero attached hydrogens (tertiary/aromatic N) is 3. The molecular formula is C27H32N4O2. The molecule has 1 atom stereocenters. The van der Waals surface area contributed by atoms with Crippen LogP contribution in [0.2, 0.25) is 0 Å². The van der Waals surface area contributed by atoms with E-state index in [9.17, 15) is 9.59 Å². The number of carbonyl (C=O) groups excluding carboxylic acids is 2. The van der Waals surface area contributed by atoms with Gasteiger partial charge in [0.1, 0.15) is 5.69 Å². The van der Waals surface area contributed by atoms with Crippen LogP contribution in [0.15, 0.2) is 60.8 Å². The van der Waals surface area contributed by atoms with Gasteiger partial charge in [0.05, 0.1) is 5.41 Å². The quantitative estimate of drug-likeness (QED) is 0.597. The third-order valence-electron chi connectivity index (χ3n) is 6.50. The van der Waals surface area contributed by atoms with Gasteiger partial charge in [0.25, 0.3) is 5.91 Å². The van der Waals surface area contributed by atoms with Crippen LogP contribution in [0.3, 0.4) is 0 Å². The standard InChI is InChI=1S/C27H32N4O2/c1-4-28-26(33)27(14-16-30(19-27)25(32)24-13-15-31(5-2)29-24)18-21-7-6-8-23(17-21)22-11-9-20(3)10-12-22/h6-13,15,17H,4-5,14,16,18-19H2,1-3H3,(H,28,33)/t27-/m1/s1. The van der Waals surface area contributed by atoms with E-state index in [0.717, 1.165) is 16.7 Å². The van der Waals surface area contributed by atoms with E-state index in [1.54, 1.807) is 15.6 Å². The van der Waals surface area contributed by atoms with Crippen LogP contribution in [-0.4, -0.2) is 46.1 Å². The number of aryl methyl sites for hydroxylation is 2. The number of rotatable bonds is 7. The highest BCUT2D eigenvalue weighted by molar-refractivity contribution is 5.93. The number of benzene rings is 2. The van der Waals surface area contributed by atoms with Gasteiger partial charge in [0.2, 0.25) is 5.91 Å². The number of hydrogen-bond acceptors (Lipinski definition) is 3. The lowest BCUT2D eigenvalue weighted by Gasteiger charge is -2.28. The maximum absolute atomic E-state index is 13.3. The average Bonchev–Trinajstić information content (AvgIpc) is 3.48. The van der Waals surface area contributed by atoms with Gasteiger partial charge in [-0.2, -0.15) is 5.10 Å². The molecule has 1 saturated heterocycles. The number of likely N-dealkylation sites (tertiary alicyclic amines) is 1. The van der Waals surface area contributed by atoms with Crippen molar-refractivity contribution < 1.29 is 9.59 Å². The Labute approximate surface area is 195 Å². The molecule has 1 aliphatic rings. The molecule has 2 aromatic carbocycles. The Hall–Kier alpha value is -3.41. The van der Waals surface area contributed by atoms with Crippen LogP contribution < -0.4 is 5.32 Å². The second kappa shape index (κ2) is 9.61. The van der Waals surface area contributed by atoms with Crippen LogP contribution in [0.25, 0.3) is 11.1 Å². The molecule has 4 rings (SSSR count). The van der Waals surface area contributed by atoms with E-state index in [4.69, 9.17) is 0 Å². The van der Waals surface area contributed by atoms with E-state index in [2.05, 4.69) is 59.8 Å². The monoisotopic (exact) mass is 444 g/mol. The molecule has 0 saturated carbocycles. The van der Waals surface area contributed by atoms with Crippen LogP contribution >= 0.6 is 0 Å². The summed E-state index contributed by atoms with van der Waals surface area (Å²) in [5, 5.41) is 7.38. The van der Waals surface area contributed by atoms with Gasteiger partial charge < -0.3 is 10.2 Å². The molecular weight excluding hydrogens is 412 g/mol. The first-order valence-corrected chi connectivity index (χ1v) is 11.7. The van der Waals surface area contributed by atoms with Crippen molar-refractivity contribution in [3.05, 3.63) is 77.6 Å². The molecule has 0 bridgehead atoms. The first-order chi connectivity index (χ1) is 15.9. The molecule has 6 heteroatoms. The molecule has 0 unspecified atom stereocenters. The molecule has 6 nitrogen and oxygen atoms in total. The molecule has 2 heterocycles. The maximum atomic E-state index is 13.3. The fraction of sp³-hybridized carbons (Fsp3) is 0.370. The fourth-order valence-corrected chi connectivity index (χ4v) is 4.62. The second-order valence-corrected chi connectivity index (χ2v) is 8.92. The topological polar surface area (TPSA) is 67.2 Å². The summed E-state index contributed by atoms with van der Waals surface area (Å²) >= 11 is 0. The van der Waals surface area contributed by atoms with Crippen molar-refractivity contribution in [2.24, 2.45) is 5.41 Å². The van der Waals surface area contributed by atoms with E-state index in [-0.39, 0.29) is 11.8 Å². The highest BCUT2D eigenvalue weighted by atomic mass is 16.2. The van der Waals surface area contributed by atoms with Crippen LogP contribution in [0.4, 0.5) is 0 Å². The smallest absolute Gasteiger partial charge is 0.274 e. The zero-order valence-electron chi connectivity index (χ0n) is 19.7. The summed E-state index contributed by atoms with van der Waals surface area (Å²) in [4.78, 5) is 28.1. The molecule has 0 radical (unpaired) electrons. The SMILES string of the molecule is CCNC(=O)[C@@]1(Cc2cccc(-c3ccc(C)cc3)c2)CCN(C(=O)c2ccn(CC)n2)C1. The summed E-state index contributed by atoms with van der Waals surface area (Å²) in [5.74, 6) is -0.0955. The molecule has 1 aliphatic heterocycles. The molecule has 3 aromatic rings. The summed E-state index contributed by atoms with van der Waals surface area (Å²) in [6, 6.07) is 18.6. The van der Waals surface area contributed by atoms with Gasteiger partial charge in [0.15, 0.2) is 0 Å². The zero-order chi connectivity index (χ0) is 23.4. The molecule has 1 N–H and O–H groups in total. The fourth-order valence-electron chi connectivity index (χ4n) is 4.62. The van der Waals surface area contributed by atoms with E-state index in [0.29, 0.717) is 44.7 Å². The summed E-state index contributed by atoms with van der Waals surface area (Å²) in [6.07, 6.45) is 3.04. The van der Waals surface area contributed by atoms with Crippen molar-refractivity contribution in [3.8, 4) is 11.1 Å². The lowest BCUT2D eigenvalue weighted by atomic mass is 9.79. The minimum atomic E-state index is -0.648. The van der Waals surface area contributed by atoms with Crippen molar-refractivity contribution in [1.82, 2.24) is 20.0 Å². The van der Waals surface area contributed by atoms with Crippen molar-refractivity contribution in [2.45, 2.75) is 40.2 Å². The molecule has 1 fully saturated rings. The Balaban J connectivity index is 1.58. The van der Waals surface area contributed by atoms with Crippen LogP contribution in [0.1, 0.15) is 41.9 Å². The Morgan fingerprint density at radius 3 is 2.55 bits per heavy atom. The third-order valence-corrected chi connectivity index (χ3v) is 6.50. The molecule has 33 heavy (non-hydrogen) atoms. The minimum absolute atomic E-state index is 0.0140. The van der Waals surface area contributed by atoms with Crippen molar-refractivity contribution >= 4 is 11.8 Å². The van der Waals surface area contributed by atoms with Crippen LogP contribution in [0, 0.1) is 12.3 Å². The lowest BCUT2D eigenvalue weighted by Crippen LogP contribution is -2.45. The second-order valence-electron chi connectivity index (χ2n) is 8.92. The predicted molar refractivity (Wildman–Crippen MR) is 130 cm³/mol. The van der Waals surface area contributed by atoms with Gasteiger partial charge in [0, 0.05) is 32.4 Å². The molecule has 1 aromatic heterocycles. The van der Waals surface area contributed by atoms with E-state index in [1.807, 2.05) is 26.1 Å². The summed E-state index contributed by atoms with van der Waals surface area (Å²) in [6.45, 7) is 8.22. The molecule has 0 spiro atoms. The normalized spacial score (nSPS) is 17.8. The van der Waals surface area contributed by atoms with E-state index >= 15 is 0 Å². The van der Waals surface area contributed by atoms with E-state index < -0.39 is 5.41 Å². The Morgan fingerprint density at radius 2 is 1.85 bits per heavy atom. The van der Waals surface area contributed by atoms with Gasteiger partial charge in [-0.05, 0) is 56.4 Å². The molecule has 0 aliphatic carbocycles. The predicted octanol–water partition coefficient (Wildman–Crippen LogP) is 4.09. The van der Waals surface area contributed by atoms with Gasteiger partial charge in [-0.3, -0.25) is 14.3 Å². The minimum Gasteiger partial charge on any atom is -0.356 e. The number of carbonyl (C=O) groups is 2. The van der Waals surface area contributed by atoms with Crippen LogP contribution in [0.5, 0.6) is 0 Å². The van der Waals surface area contributed by atoms with Gasteiger partial charge >= 0.3 is 0 Å². The van der Waals surface area contributed by atoms with Gasteiger partial charge in [-0.25, -0.2) is 0 Å². The number of hydrogen-bond donors (Lipinski definition) is 1. The lowest BCUT2D eigenvalue weighted by molar-refractivity contribution is -0.130. The first kappa shape index (κ1) is 22.8. The summed E-state index contributed by atoms with van der Waals surface area (Å²) in [5.41, 5.74) is 4.41. The van der Waals surface area contributed by atoms with Crippen molar-refractivity contribution in [3.63, 3.8) is 0 Å². The molecule has 172 valence electrons. The first-order valence-electron chi connectivity index (χ1n) is 11.7. The number of amides is 2. The van der Waals surface area contributed by atoms with Crippen molar-refractivity contribution in [1.29, 1.82) is 0 Å². The highest BCUT2D eigenvalue weighted by Gasteiger charge is 2.46. The molecule has 2 amide bonds. The van der Waals surface area contributed by atoms with E-state index in [1.165, 1.54) is 5.56 Å². The Bertz CT molecular complexity index is 1140. The Kier molecular flexibility index (Phi) is 6.63. The van der Waals surface area contributed by atoms with Crippen LogP contribution in [-0.2, 0) is 17.8 Å². The Morgan fingerprint density at radius 1 is 1.06 bits per heavy atom. The maximum Gasteiger partial charge on any atom is 0.274 e. The number of aromatic nitrogens is 2. The summed E-state index contributed by atoms with van der Waals surface area (Å²) < 4.78 is 1.75. The van der Waals surface area contributed by atoms with Gasteiger partial charge in [-0.15, -0.1) is 0 Å². The van der Waals surface area contributed by atoms with Gasteiger partial charge in [-0.1, -0.05) is 54.1 Å².